The molecule has 0 spiro atoms. The summed E-state index contributed by atoms with van der Waals surface area (Å²) >= 11 is 0. The Hall–Kier alpha value is -4.93. The number of hydrogen-bond donors (Lipinski definition) is 2. The number of carbonyl (C=O) groups excluding carboxylic acids is 4. The van der Waals surface area contributed by atoms with Crippen LogP contribution in [0.1, 0.15) is 43.1 Å². The predicted octanol–water partition coefficient (Wildman–Crippen LogP) is 1.39. The monoisotopic (exact) mass is 594 g/mol. The molecule has 2 aliphatic heterocycles. The summed E-state index contributed by atoms with van der Waals surface area (Å²) in [5.74, 6) is -2.45. The molecular formula is C29H34N6O8. The summed E-state index contributed by atoms with van der Waals surface area (Å²) in [4.78, 5) is 71.7. The van der Waals surface area contributed by atoms with Gasteiger partial charge < -0.3 is 34.6 Å². The Morgan fingerprint density at radius 3 is 2.53 bits per heavy atom. The highest BCUT2D eigenvalue weighted by Gasteiger charge is 2.32. The summed E-state index contributed by atoms with van der Waals surface area (Å²) in [5.41, 5.74) is 0.328. The number of carboxylic acid groups (broad SMARTS) is 1. The molecule has 0 bridgehead atoms. The van der Waals surface area contributed by atoms with Crippen molar-refractivity contribution < 1.29 is 38.6 Å². The number of nitrogens with zero attached hydrogens (tertiary/aromatic N) is 5. The number of pyridine rings is 1. The molecule has 2 N–H and O–H groups in total. The molecule has 2 saturated heterocycles. The topological polar surface area (TPSA) is 182 Å². The van der Waals surface area contributed by atoms with E-state index in [4.69, 9.17) is 9.47 Å². The van der Waals surface area contributed by atoms with Gasteiger partial charge in [-0.15, -0.1) is 0 Å². The Bertz CT molecular complexity index is 1420. The fraction of sp³-hybridized carbons (Fsp3) is 0.483. The van der Waals surface area contributed by atoms with E-state index in [0.717, 1.165) is 6.42 Å². The second kappa shape index (κ2) is 14.3. The fourth-order valence-electron chi connectivity index (χ4n) is 5.10. The number of nitriles is 1. The van der Waals surface area contributed by atoms with Crippen LogP contribution in [0, 0.1) is 11.3 Å². The molecule has 2 aromatic rings. The van der Waals surface area contributed by atoms with Gasteiger partial charge in [0.05, 0.1) is 18.2 Å². The number of benzene rings is 1. The number of amides is 4. The number of carboxylic acids is 1. The lowest BCUT2D eigenvalue weighted by Gasteiger charge is -2.35. The maximum atomic E-state index is 13.4. The molecule has 2 aliphatic rings. The minimum absolute atomic E-state index is 0.0857. The molecule has 1 aromatic heterocycles. The van der Waals surface area contributed by atoms with Crippen molar-refractivity contribution in [1.82, 2.24) is 25.0 Å². The van der Waals surface area contributed by atoms with Gasteiger partial charge in [-0.05, 0) is 38.3 Å². The van der Waals surface area contributed by atoms with Gasteiger partial charge in [-0.1, -0.05) is 12.1 Å². The number of hydrogen-bond acceptors (Lipinski definition) is 9. The molecule has 4 amide bonds. The van der Waals surface area contributed by atoms with E-state index in [1.54, 1.807) is 31.2 Å². The lowest BCUT2D eigenvalue weighted by molar-refractivity contribution is -0.138. The van der Waals surface area contributed by atoms with Crippen LogP contribution in [0.4, 0.5) is 4.79 Å². The third-order valence-corrected chi connectivity index (χ3v) is 7.35. The molecule has 4 rings (SSSR count). The quantitative estimate of drug-likeness (QED) is 0.408. The minimum atomic E-state index is -1.16. The van der Waals surface area contributed by atoms with Gasteiger partial charge in [-0.3, -0.25) is 19.2 Å². The van der Waals surface area contributed by atoms with Crippen molar-refractivity contribution in [3.05, 3.63) is 36.0 Å². The summed E-state index contributed by atoms with van der Waals surface area (Å²) in [6.07, 6.45) is 0.349. The molecule has 14 nitrogen and oxygen atoms in total. The zero-order valence-corrected chi connectivity index (χ0v) is 23.9. The first kappa shape index (κ1) is 31.0. The van der Waals surface area contributed by atoms with E-state index in [0.29, 0.717) is 23.9 Å². The van der Waals surface area contributed by atoms with Gasteiger partial charge in [-0.2, -0.15) is 5.26 Å². The number of carbonyl (C=O) groups is 5. The van der Waals surface area contributed by atoms with Gasteiger partial charge >= 0.3 is 12.1 Å². The summed E-state index contributed by atoms with van der Waals surface area (Å²) < 4.78 is 10.8. The molecule has 2 atom stereocenters. The molecule has 43 heavy (non-hydrogen) atoms. The fourth-order valence-corrected chi connectivity index (χ4v) is 5.10. The first-order chi connectivity index (χ1) is 20.7. The molecule has 0 aliphatic carbocycles. The smallest absolute Gasteiger partial charge is 0.409 e. The van der Waals surface area contributed by atoms with Gasteiger partial charge in [0.2, 0.25) is 5.91 Å². The zero-order chi connectivity index (χ0) is 30.9. The van der Waals surface area contributed by atoms with E-state index in [1.807, 2.05) is 0 Å². The maximum absolute atomic E-state index is 13.4. The third kappa shape index (κ3) is 7.68. The van der Waals surface area contributed by atoms with Gasteiger partial charge in [0.1, 0.15) is 23.5 Å². The molecule has 228 valence electrons. The van der Waals surface area contributed by atoms with E-state index in [9.17, 15) is 34.3 Å². The number of piperazine rings is 1. The molecule has 3 heterocycles. The van der Waals surface area contributed by atoms with Crippen LogP contribution in [0.25, 0.3) is 10.9 Å². The average molecular weight is 595 g/mol. The highest BCUT2D eigenvalue weighted by atomic mass is 16.6. The lowest BCUT2D eigenvalue weighted by Crippen LogP contribution is -2.56. The first-order valence-corrected chi connectivity index (χ1v) is 14.2. The van der Waals surface area contributed by atoms with Crippen LogP contribution < -0.4 is 10.1 Å². The largest absolute Gasteiger partial charge is 0.483 e. The van der Waals surface area contributed by atoms with Crippen LogP contribution in [-0.4, -0.2) is 113 Å². The van der Waals surface area contributed by atoms with Gasteiger partial charge in [-0.25, -0.2) is 9.78 Å². The molecule has 1 aromatic carbocycles. The van der Waals surface area contributed by atoms with Crippen molar-refractivity contribution in [1.29, 1.82) is 5.26 Å². The summed E-state index contributed by atoms with van der Waals surface area (Å²) in [5, 5.41) is 21.7. The van der Waals surface area contributed by atoms with Crippen LogP contribution in [0.2, 0.25) is 0 Å². The Morgan fingerprint density at radius 1 is 1.12 bits per heavy atom. The Labute approximate surface area is 248 Å². The molecule has 2 fully saturated rings. The van der Waals surface area contributed by atoms with Crippen LogP contribution >= 0.6 is 0 Å². The number of ether oxygens (including phenoxy) is 2. The highest BCUT2D eigenvalue weighted by Crippen LogP contribution is 2.26. The van der Waals surface area contributed by atoms with Gasteiger partial charge in [0, 0.05) is 50.6 Å². The highest BCUT2D eigenvalue weighted by molar-refractivity contribution is 5.99. The Kier molecular flexibility index (Phi) is 10.3. The lowest BCUT2D eigenvalue weighted by atomic mass is 10.1. The van der Waals surface area contributed by atoms with Crippen LogP contribution in [-0.2, 0) is 19.1 Å². The maximum Gasteiger partial charge on any atom is 0.409 e. The first-order valence-electron chi connectivity index (χ1n) is 14.2. The van der Waals surface area contributed by atoms with Gasteiger partial charge in [0.25, 0.3) is 11.8 Å². The summed E-state index contributed by atoms with van der Waals surface area (Å²) in [6.45, 7) is 2.92. The van der Waals surface area contributed by atoms with E-state index < -0.39 is 36.0 Å². The molecule has 0 radical (unpaired) electrons. The predicted molar refractivity (Wildman–Crippen MR) is 151 cm³/mol. The number of rotatable bonds is 10. The SMILES string of the molecule is CCOC(=O)N1CCN(C(=O)[C@H](CCC(=O)O)NC(=O)c2cc(OCC(=O)N3CCC[C@@H]3C#N)c3ccccc3n2)CC1. The average Bonchev–Trinajstić information content (AvgIpc) is 3.50. The number of likely N-dealkylation sites (tertiary alicyclic amines) is 1. The summed E-state index contributed by atoms with van der Waals surface area (Å²) in [7, 11) is 0. The molecular weight excluding hydrogens is 560 g/mol. The van der Waals surface area contributed by atoms with Crippen molar-refractivity contribution in [2.24, 2.45) is 0 Å². The Morgan fingerprint density at radius 2 is 1.84 bits per heavy atom. The van der Waals surface area contributed by atoms with E-state index in [-0.39, 0.29) is 69.6 Å². The zero-order valence-electron chi connectivity index (χ0n) is 23.9. The molecule has 0 saturated carbocycles. The number of nitrogens with one attached hydrogen (secondary N) is 1. The van der Waals surface area contributed by atoms with Crippen molar-refractivity contribution >= 4 is 40.7 Å². The van der Waals surface area contributed by atoms with Crippen molar-refractivity contribution in [3.8, 4) is 11.8 Å². The molecule has 14 heteroatoms. The normalized spacial score (nSPS) is 17.2. The van der Waals surface area contributed by atoms with E-state index in [1.165, 1.54) is 20.8 Å². The Balaban J connectivity index is 1.49. The number of aliphatic carboxylic acids is 1. The standard InChI is InChI=1S/C29H34N6O8/c1-2-42-29(41)34-14-12-33(13-15-34)28(40)22(9-10-26(37)38)32-27(39)23-16-24(20-7-3-4-8-21(20)31-23)43-18-25(36)35-11-5-6-19(35)17-30/h3-4,7-8,16,19,22H,2,5-6,9-15,18H2,1H3,(H,32,39)(H,37,38)/t19-,22+/m1/s1. The van der Waals surface area contributed by atoms with E-state index in [2.05, 4.69) is 16.4 Å². The van der Waals surface area contributed by atoms with Crippen molar-refractivity contribution in [2.75, 3.05) is 45.9 Å². The number of para-hydroxylation sites is 1. The van der Waals surface area contributed by atoms with Crippen LogP contribution in [0.15, 0.2) is 30.3 Å². The number of fused-ring (bicyclic) bond motifs is 1. The van der Waals surface area contributed by atoms with Gasteiger partial charge in [0.15, 0.2) is 6.61 Å². The minimum Gasteiger partial charge on any atom is -0.483 e. The van der Waals surface area contributed by atoms with Crippen LogP contribution in [0.3, 0.4) is 0 Å². The summed E-state index contributed by atoms with van der Waals surface area (Å²) in [6, 6.07) is 8.71. The second-order valence-electron chi connectivity index (χ2n) is 10.2. The van der Waals surface area contributed by atoms with Crippen LogP contribution in [0.5, 0.6) is 5.75 Å². The third-order valence-electron chi connectivity index (χ3n) is 7.35. The number of aromatic nitrogens is 1. The second-order valence-corrected chi connectivity index (χ2v) is 10.2. The van der Waals surface area contributed by atoms with Crippen molar-refractivity contribution in [3.63, 3.8) is 0 Å². The van der Waals surface area contributed by atoms with Crippen molar-refractivity contribution in [2.45, 2.75) is 44.7 Å². The molecule has 0 unspecified atom stereocenters. The van der Waals surface area contributed by atoms with E-state index >= 15 is 0 Å².